The number of aromatic nitrogens is 3. The van der Waals surface area contributed by atoms with Gasteiger partial charge in [0.25, 0.3) is 0 Å². The lowest BCUT2D eigenvalue weighted by Gasteiger charge is -2.17. The minimum atomic E-state index is 0.167. The maximum atomic E-state index is 12.2. The van der Waals surface area contributed by atoms with Gasteiger partial charge in [0.2, 0.25) is 0 Å². The normalized spacial score (nSPS) is 11.9. The van der Waals surface area contributed by atoms with Crippen molar-refractivity contribution in [2.75, 3.05) is 0 Å². The van der Waals surface area contributed by atoms with Gasteiger partial charge in [0.05, 0.1) is 0 Å². The van der Waals surface area contributed by atoms with E-state index in [0.29, 0.717) is 22.9 Å². The fraction of sp³-hybridized carbons (Fsp3) is 0.562. The quantitative estimate of drug-likeness (QED) is 0.635. The van der Waals surface area contributed by atoms with E-state index in [-0.39, 0.29) is 5.78 Å². The molecule has 0 amide bonds. The van der Waals surface area contributed by atoms with Crippen molar-refractivity contribution < 1.29 is 4.79 Å². The van der Waals surface area contributed by atoms with Gasteiger partial charge in [-0.15, -0.1) is 0 Å². The molecule has 0 atom stereocenters. The highest BCUT2D eigenvalue weighted by atomic mass is 16.1. The van der Waals surface area contributed by atoms with Crippen molar-refractivity contribution in [1.82, 2.24) is 15.4 Å². The molecule has 0 spiro atoms. The van der Waals surface area contributed by atoms with Crippen LogP contribution in [0.4, 0.5) is 0 Å². The summed E-state index contributed by atoms with van der Waals surface area (Å²) >= 11 is 0. The minimum Gasteiger partial charge on any atom is -0.294 e. The number of hydrogen-bond donors (Lipinski definition) is 1. The molecule has 0 unspecified atom stereocenters. The van der Waals surface area contributed by atoms with Gasteiger partial charge in [0, 0.05) is 12.0 Å². The van der Waals surface area contributed by atoms with Crippen LogP contribution in [0.1, 0.15) is 63.2 Å². The summed E-state index contributed by atoms with van der Waals surface area (Å²) in [5.41, 5.74) is 2.51. The second-order valence-electron chi connectivity index (χ2n) is 6.54. The maximum absolute atomic E-state index is 12.2. The number of para-hydroxylation sites is 1. The lowest BCUT2D eigenvalue weighted by molar-refractivity contribution is 0.0980. The van der Waals surface area contributed by atoms with Crippen molar-refractivity contribution in [3.8, 4) is 0 Å². The maximum Gasteiger partial charge on any atom is 0.165 e. The van der Waals surface area contributed by atoms with E-state index in [2.05, 4.69) is 36.2 Å². The standard InChI is InChI=1S/C16H23N3O/c1-16(2,3)11-6-4-5-10-14(20)12-8-7-9-13-15(12)18-19-17-13/h7-9H,4-6,10-11H2,1-3H3,(H,17,18,19). The minimum absolute atomic E-state index is 0.167. The molecule has 0 bridgehead atoms. The van der Waals surface area contributed by atoms with E-state index in [9.17, 15) is 4.79 Å². The van der Waals surface area contributed by atoms with Crippen LogP contribution in [0.5, 0.6) is 0 Å². The summed E-state index contributed by atoms with van der Waals surface area (Å²) in [5, 5.41) is 10.6. The van der Waals surface area contributed by atoms with Gasteiger partial charge < -0.3 is 0 Å². The van der Waals surface area contributed by atoms with Gasteiger partial charge in [0.15, 0.2) is 5.78 Å². The molecule has 1 aromatic carbocycles. The number of Topliss-reactive ketones (excluding diaryl/α,β-unsaturated/α-hetero) is 1. The van der Waals surface area contributed by atoms with E-state index in [1.54, 1.807) is 0 Å². The van der Waals surface area contributed by atoms with Gasteiger partial charge in [-0.25, -0.2) is 0 Å². The van der Waals surface area contributed by atoms with Crippen molar-refractivity contribution in [1.29, 1.82) is 0 Å². The number of ketones is 1. The third-order valence-electron chi connectivity index (χ3n) is 3.48. The summed E-state index contributed by atoms with van der Waals surface area (Å²) in [7, 11) is 0. The fourth-order valence-electron chi connectivity index (χ4n) is 2.35. The van der Waals surface area contributed by atoms with E-state index in [1.165, 1.54) is 12.8 Å². The highest BCUT2D eigenvalue weighted by molar-refractivity contribution is 6.05. The smallest absolute Gasteiger partial charge is 0.165 e. The molecule has 0 radical (unpaired) electrons. The molecule has 0 aliphatic rings. The molecular formula is C16H23N3O. The molecule has 108 valence electrons. The molecule has 2 aromatic rings. The molecule has 2 rings (SSSR count). The number of carbonyl (C=O) groups is 1. The monoisotopic (exact) mass is 273 g/mol. The first-order chi connectivity index (χ1) is 9.47. The summed E-state index contributed by atoms with van der Waals surface area (Å²) in [4.78, 5) is 12.2. The number of benzene rings is 1. The number of aromatic amines is 1. The molecule has 1 N–H and O–H groups in total. The first-order valence-electron chi connectivity index (χ1n) is 7.30. The van der Waals surface area contributed by atoms with Crippen LogP contribution in [0.15, 0.2) is 18.2 Å². The molecule has 4 nitrogen and oxygen atoms in total. The predicted octanol–water partition coefficient (Wildman–Crippen LogP) is 4.14. The Kier molecular flexibility index (Phi) is 4.53. The van der Waals surface area contributed by atoms with Crippen LogP contribution >= 0.6 is 0 Å². The van der Waals surface area contributed by atoms with Crippen molar-refractivity contribution in [2.24, 2.45) is 5.41 Å². The Labute approximate surface area is 120 Å². The molecule has 4 heteroatoms. The zero-order chi connectivity index (χ0) is 14.6. The number of nitrogens with one attached hydrogen (secondary N) is 1. The topological polar surface area (TPSA) is 58.6 Å². The molecule has 0 saturated carbocycles. The highest BCUT2D eigenvalue weighted by Crippen LogP contribution is 2.23. The molecule has 0 aliphatic carbocycles. The average molecular weight is 273 g/mol. The molecule has 1 aromatic heterocycles. The number of carbonyl (C=O) groups excluding carboxylic acids is 1. The largest absolute Gasteiger partial charge is 0.294 e. The van der Waals surface area contributed by atoms with Crippen molar-refractivity contribution in [3.05, 3.63) is 23.8 Å². The lowest BCUT2D eigenvalue weighted by atomic mass is 9.89. The van der Waals surface area contributed by atoms with Crippen LogP contribution in [0.3, 0.4) is 0 Å². The van der Waals surface area contributed by atoms with E-state index >= 15 is 0 Å². The van der Waals surface area contributed by atoms with Gasteiger partial charge >= 0.3 is 0 Å². The highest BCUT2D eigenvalue weighted by Gasteiger charge is 2.13. The first kappa shape index (κ1) is 14.7. The van der Waals surface area contributed by atoms with Gasteiger partial charge in [-0.05, 0) is 30.4 Å². The molecular weight excluding hydrogens is 250 g/mol. The summed E-state index contributed by atoms with van der Waals surface area (Å²) in [6, 6.07) is 5.55. The molecule has 1 heterocycles. The second-order valence-corrected chi connectivity index (χ2v) is 6.54. The van der Waals surface area contributed by atoms with Crippen LogP contribution in [0.2, 0.25) is 0 Å². The summed E-state index contributed by atoms with van der Waals surface area (Å²) in [5.74, 6) is 0.167. The number of H-pyrrole nitrogens is 1. The number of nitrogens with zero attached hydrogens (tertiary/aromatic N) is 2. The van der Waals surface area contributed by atoms with Gasteiger partial charge in [0.1, 0.15) is 11.0 Å². The number of fused-ring (bicyclic) bond motifs is 1. The van der Waals surface area contributed by atoms with Gasteiger partial charge in [-0.2, -0.15) is 15.4 Å². The fourth-order valence-corrected chi connectivity index (χ4v) is 2.35. The van der Waals surface area contributed by atoms with Gasteiger partial charge in [-0.3, -0.25) is 4.79 Å². The predicted molar refractivity (Wildman–Crippen MR) is 80.8 cm³/mol. The van der Waals surface area contributed by atoms with E-state index in [0.717, 1.165) is 18.4 Å². The third-order valence-corrected chi connectivity index (χ3v) is 3.48. The van der Waals surface area contributed by atoms with E-state index < -0.39 is 0 Å². The van der Waals surface area contributed by atoms with Gasteiger partial charge in [-0.1, -0.05) is 39.7 Å². The summed E-state index contributed by atoms with van der Waals surface area (Å²) in [6.07, 6.45) is 5.04. The molecule has 20 heavy (non-hydrogen) atoms. The lowest BCUT2D eigenvalue weighted by Crippen LogP contribution is -2.04. The Morgan fingerprint density at radius 2 is 1.95 bits per heavy atom. The van der Waals surface area contributed by atoms with Crippen molar-refractivity contribution in [2.45, 2.75) is 52.9 Å². The zero-order valence-electron chi connectivity index (χ0n) is 12.6. The zero-order valence-corrected chi connectivity index (χ0v) is 12.6. The molecule has 0 saturated heterocycles. The Balaban J connectivity index is 1.85. The molecule has 0 aliphatic heterocycles. The summed E-state index contributed by atoms with van der Waals surface area (Å²) < 4.78 is 0. The SMILES string of the molecule is CC(C)(C)CCCCCC(=O)c1cccc2n[nH]nc12. The van der Waals surface area contributed by atoms with E-state index in [4.69, 9.17) is 0 Å². The Bertz CT molecular complexity index is 581. The van der Waals surface area contributed by atoms with Crippen LogP contribution in [0.25, 0.3) is 11.0 Å². The Morgan fingerprint density at radius 1 is 1.15 bits per heavy atom. The average Bonchev–Trinajstić information content (AvgIpc) is 2.84. The van der Waals surface area contributed by atoms with Crippen LogP contribution in [-0.2, 0) is 0 Å². The number of rotatable bonds is 6. The third kappa shape index (κ3) is 3.89. The van der Waals surface area contributed by atoms with Crippen LogP contribution in [0, 0.1) is 5.41 Å². The van der Waals surface area contributed by atoms with Crippen LogP contribution < -0.4 is 0 Å². The second kappa shape index (κ2) is 6.16. The number of unbranched alkanes of at least 4 members (excludes halogenated alkanes) is 2. The molecule has 0 fully saturated rings. The van der Waals surface area contributed by atoms with Crippen LogP contribution in [-0.4, -0.2) is 21.2 Å². The van der Waals surface area contributed by atoms with E-state index in [1.807, 2.05) is 18.2 Å². The van der Waals surface area contributed by atoms with Crippen molar-refractivity contribution >= 4 is 16.8 Å². The Morgan fingerprint density at radius 3 is 2.70 bits per heavy atom. The summed E-state index contributed by atoms with van der Waals surface area (Å²) in [6.45, 7) is 6.76. The number of hydrogen-bond acceptors (Lipinski definition) is 3. The Hall–Kier alpha value is -1.71. The first-order valence-corrected chi connectivity index (χ1v) is 7.30. The van der Waals surface area contributed by atoms with Crippen molar-refractivity contribution in [3.63, 3.8) is 0 Å².